The summed E-state index contributed by atoms with van der Waals surface area (Å²) >= 11 is 8.75. The Bertz CT molecular complexity index is 338. The number of hydrogen-bond acceptors (Lipinski definition) is 1. The van der Waals surface area contributed by atoms with Crippen molar-refractivity contribution < 1.29 is 0 Å². The number of nitrogen functional groups attached to an aromatic ring is 1. The predicted molar refractivity (Wildman–Crippen MR) is 56.2 cm³/mol. The maximum atomic E-state index is 5.66. The summed E-state index contributed by atoms with van der Waals surface area (Å²) in [6.07, 6.45) is 0. The molecule has 1 aromatic rings. The largest absolute Gasteiger partial charge is 0.398 e. The number of hydrogen-bond donors (Lipinski definition) is 1. The van der Waals surface area contributed by atoms with Crippen LogP contribution in [-0.2, 0) is 0 Å². The molecule has 0 bridgehead atoms. The quantitative estimate of drug-likeness (QED) is 0.424. The van der Waals surface area contributed by atoms with Gasteiger partial charge in [0.05, 0.1) is 5.88 Å². The molecule has 1 rings (SSSR count). The minimum Gasteiger partial charge on any atom is -0.398 e. The minimum absolute atomic E-state index is 0.325. The van der Waals surface area contributed by atoms with Gasteiger partial charge in [0.25, 0.3) is 0 Å². The highest BCUT2D eigenvalue weighted by molar-refractivity contribution is 9.10. The van der Waals surface area contributed by atoms with Crippen molar-refractivity contribution in [2.45, 2.75) is 0 Å². The summed E-state index contributed by atoms with van der Waals surface area (Å²) in [7, 11) is 0. The molecule has 12 heavy (non-hydrogen) atoms. The van der Waals surface area contributed by atoms with Crippen LogP contribution in [0, 0.1) is 11.8 Å². The number of alkyl halides is 1. The van der Waals surface area contributed by atoms with Crippen molar-refractivity contribution in [2.75, 3.05) is 11.6 Å². The zero-order valence-electron chi connectivity index (χ0n) is 6.27. The van der Waals surface area contributed by atoms with Crippen molar-refractivity contribution in [3.63, 3.8) is 0 Å². The first-order valence-corrected chi connectivity index (χ1v) is 4.66. The first kappa shape index (κ1) is 9.44. The van der Waals surface area contributed by atoms with Crippen LogP contribution in [0.4, 0.5) is 5.69 Å². The molecule has 0 aliphatic carbocycles. The third-order valence-corrected chi connectivity index (χ3v) is 1.93. The van der Waals surface area contributed by atoms with Gasteiger partial charge >= 0.3 is 0 Å². The topological polar surface area (TPSA) is 26.0 Å². The molecule has 62 valence electrons. The van der Waals surface area contributed by atoms with Crippen molar-refractivity contribution in [1.82, 2.24) is 0 Å². The van der Waals surface area contributed by atoms with E-state index >= 15 is 0 Å². The van der Waals surface area contributed by atoms with Gasteiger partial charge in [-0.15, -0.1) is 11.6 Å². The highest BCUT2D eigenvalue weighted by Crippen LogP contribution is 2.17. The second-order valence-electron chi connectivity index (χ2n) is 2.17. The van der Waals surface area contributed by atoms with Crippen molar-refractivity contribution >= 4 is 33.2 Å². The maximum absolute atomic E-state index is 5.66. The van der Waals surface area contributed by atoms with Crippen LogP contribution < -0.4 is 5.73 Å². The molecule has 2 N–H and O–H groups in total. The Balaban J connectivity index is 3.05. The summed E-state index contributed by atoms with van der Waals surface area (Å²) in [4.78, 5) is 0. The Kier molecular flexibility index (Phi) is 3.46. The number of nitrogens with two attached hydrogens (primary N) is 1. The number of halogens is 2. The summed E-state index contributed by atoms with van der Waals surface area (Å²) in [5.74, 6) is 5.94. The summed E-state index contributed by atoms with van der Waals surface area (Å²) in [6, 6.07) is 5.55. The molecular formula is C9H7BrClN. The molecule has 0 saturated carbocycles. The van der Waals surface area contributed by atoms with Gasteiger partial charge < -0.3 is 5.73 Å². The minimum atomic E-state index is 0.325. The molecule has 0 aliphatic heterocycles. The molecule has 0 unspecified atom stereocenters. The van der Waals surface area contributed by atoms with Gasteiger partial charge in [0.1, 0.15) is 0 Å². The van der Waals surface area contributed by atoms with Crippen LogP contribution in [-0.4, -0.2) is 5.88 Å². The standard InChI is InChI=1S/C9H7BrClN/c10-8-3-4-9(12)7(6-8)2-1-5-11/h3-4,6H,5,12H2. The SMILES string of the molecule is Nc1ccc(Br)cc1C#CCCl. The normalized spacial score (nSPS) is 8.83. The fourth-order valence-electron chi connectivity index (χ4n) is 0.765. The number of anilines is 1. The second-order valence-corrected chi connectivity index (χ2v) is 3.35. The van der Waals surface area contributed by atoms with Crippen LogP contribution >= 0.6 is 27.5 Å². The van der Waals surface area contributed by atoms with Gasteiger partial charge in [0.2, 0.25) is 0 Å². The molecule has 0 fully saturated rings. The molecule has 1 aromatic carbocycles. The van der Waals surface area contributed by atoms with E-state index in [4.69, 9.17) is 17.3 Å². The van der Waals surface area contributed by atoms with Gasteiger partial charge in [0.15, 0.2) is 0 Å². The Morgan fingerprint density at radius 2 is 2.25 bits per heavy atom. The molecule has 0 spiro atoms. The van der Waals surface area contributed by atoms with Gasteiger partial charge in [-0.1, -0.05) is 27.8 Å². The molecule has 0 amide bonds. The summed E-state index contributed by atoms with van der Waals surface area (Å²) < 4.78 is 0.968. The lowest BCUT2D eigenvalue weighted by atomic mass is 10.2. The van der Waals surface area contributed by atoms with Gasteiger partial charge in [-0.3, -0.25) is 0 Å². The molecule has 0 radical (unpaired) electrons. The third kappa shape index (κ3) is 2.44. The lowest BCUT2D eigenvalue weighted by Crippen LogP contribution is -1.89. The van der Waals surface area contributed by atoms with Crippen LogP contribution in [0.1, 0.15) is 5.56 Å². The Labute approximate surface area is 85.0 Å². The van der Waals surface area contributed by atoms with E-state index in [1.807, 2.05) is 18.2 Å². The molecule has 3 heteroatoms. The fraction of sp³-hybridized carbons (Fsp3) is 0.111. The van der Waals surface area contributed by atoms with Gasteiger partial charge in [-0.25, -0.2) is 0 Å². The fourth-order valence-corrected chi connectivity index (χ4v) is 1.19. The summed E-state index contributed by atoms with van der Waals surface area (Å²) in [6.45, 7) is 0. The van der Waals surface area contributed by atoms with Crippen LogP contribution in [0.25, 0.3) is 0 Å². The zero-order chi connectivity index (χ0) is 8.97. The number of rotatable bonds is 0. The molecule has 0 aliphatic rings. The van der Waals surface area contributed by atoms with E-state index in [0.29, 0.717) is 11.6 Å². The first-order valence-electron chi connectivity index (χ1n) is 3.34. The Morgan fingerprint density at radius 1 is 1.50 bits per heavy atom. The van der Waals surface area contributed by atoms with Crippen LogP contribution in [0.5, 0.6) is 0 Å². The lowest BCUT2D eigenvalue weighted by Gasteiger charge is -1.97. The van der Waals surface area contributed by atoms with E-state index in [9.17, 15) is 0 Å². The van der Waals surface area contributed by atoms with E-state index in [2.05, 4.69) is 27.8 Å². The summed E-state index contributed by atoms with van der Waals surface area (Å²) in [5, 5.41) is 0. The van der Waals surface area contributed by atoms with Gasteiger partial charge in [-0.05, 0) is 18.2 Å². The monoisotopic (exact) mass is 243 g/mol. The molecule has 0 saturated heterocycles. The molecule has 0 aromatic heterocycles. The predicted octanol–water partition coefficient (Wildman–Crippen LogP) is 2.62. The van der Waals surface area contributed by atoms with E-state index in [-0.39, 0.29) is 0 Å². The lowest BCUT2D eigenvalue weighted by molar-refractivity contribution is 1.59. The van der Waals surface area contributed by atoms with E-state index < -0.39 is 0 Å². The van der Waals surface area contributed by atoms with Crippen molar-refractivity contribution in [3.8, 4) is 11.8 Å². The van der Waals surface area contributed by atoms with Crippen molar-refractivity contribution in [2.24, 2.45) is 0 Å². The second kappa shape index (κ2) is 4.39. The highest BCUT2D eigenvalue weighted by atomic mass is 79.9. The van der Waals surface area contributed by atoms with Crippen LogP contribution in [0.2, 0.25) is 0 Å². The molecular weight excluding hydrogens is 237 g/mol. The average Bonchev–Trinajstić information content (AvgIpc) is 2.07. The zero-order valence-corrected chi connectivity index (χ0v) is 8.61. The Morgan fingerprint density at radius 3 is 2.92 bits per heavy atom. The molecule has 1 nitrogen and oxygen atoms in total. The van der Waals surface area contributed by atoms with Crippen LogP contribution in [0.3, 0.4) is 0 Å². The third-order valence-electron chi connectivity index (χ3n) is 1.31. The van der Waals surface area contributed by atoms with Gasteiger partial charge in [-0.2, -0.15) is 0 Å². The van der Waals surface area contributed by atoms with Crippen LogP contribution in [0.15, 0.2) is 22.7 Å². The highest BCUT2D eigenvalue weighted by Gasteiger charge is 1.94. The molecule has 0 atom stereocenters. The molecule has 0 heterocycles. The van der Waals surface area contributed by atoms with E-state index in [0.717, 1.165) is 10.0 Å². The van der Waals surface area contributed by atoms with Crippen molar-refractivity contribution in [3.05, 3.63) is 28.2 Å². The van der Waals surface area contributed by atoms with Gasteiger partial charge in [0, 0.05) is 15.7 Å². The smallest absolute Gasteiger partial charge is 0.0839 e. The first-order chi connectivity index (χ1) is 5.74. The van der Waals surface area contributed by atoms with E-state index in [1.165, 1.54) is 0 Å². The Hall–Kier alpha value is -0.650. The summed E-state index contributed by atoms with van der Waals surface area (Å²) in [5.41, 5.74) is 7.15. The average molecular weight is 245 g/mol. The van der Waals surface area contributed by atoms with Crippen molar-refractivity contribution in [1.29, 1.82) is 0 Å². The maximum Gasteiger partial charge on any atom is 0.0839 e. The number of benzene rings is 1. The van der Waals surface area contributed by atoms with E-state index in [1.54, 1.807) is 0 Å².